The molecule has 2 aliphatic rings. The van der Waals surface area contributed by atoms with E-state index in [4.69, 9.17) is 0 Å². The maximum atomic E-state index is 12.4. The monoisotopic (exact) mass is 277 g/mol. The third-order valence-electron chi connectivity index (χ3n) is 3.75. The van der Waals surface area contributed by atoms with Crippen molar-refractivity contribution < 1.29 is 13.5 Å². The predicted octanol–water partition coefficient (Wildman–Crippen LogP) is -0.627. The van der Waals surface area contributed by atoms with Crippen molar-refractivity contribution in [3.8, 4) is 0 Å². The molecule has 6 nitrogen and oxygen atoms in total. The number of nitrogens with one attached hydrogen (secondary N) is 1. The molecular weight excluding hydrogens is 254 g/mol. The number of aliphatic hydroxyl groups is 1. The molecule has 0 radical (unpaired) electrons. The van der Waals surface area contributed by atoms with E-state index in [0.717, 1.165) is 6.42 Å². The maximum absolute atomic E-state index is 12.4. The van der Waals surface area contributed by atoms with Gasteiger partial charge in [0, 0.05) is 39.3 Å². The summed E-state index contributed by atoms with van der Waals surface area (Å²) >= 11 is 0. The van der Waals surface area contributed by atoms with E-state index >= 15 is 0 Å². The molecule has 1 unspecified atom stereocenters. The number of piperazine rings is 1. The van der Waals surface area contributed by atoms with Gasteiger partial charge in [-0.1, -0.05) is 0 Å². The topological polar surface area (TPSA) is 72.9 Å². The summed E-state index contributed by atoms with van der Waals surface area (Å²) in [6.45, 7) is 5.22. The normalized spacial score (nSPS) is 33.2. The standard InChI is InChI=1S/C11H23N3O3S/c1-11(15)3-2-7-13(8-4-11)18(16,17)14-9-5-12-6-10-14/h12,15H,2-10H2,1H3. The molecule has 0 saturated carbocycles. The van der Waals surface area contributed by atoms with Crippen molar-refractivity contribution in [2.75, 3.05) is 39.3 Å². The molecule has 0 aromatic rings. The SMILES string of the molecule is CC1(O)CCCN(S(=O)(=O)N2CCNCC2)CC1. The summed E-state index contributed by atoms with van der Waals surface area (Å²) in [5, 5.41) is 13.2. The Kier molecular flexibility index (Phi) is 4.28. The van der Waals surface area contributed by atoms with Crippen LogP contribution in [-0.4, -0.2) is 67.0 Å². The van der Waals surface area contributed by atoms with Crippen LogP contribution in [0.5, 0.6) is 0 Å². The van der Waals surface area contributed by atoms with Gasteiger partial charge in [0.05, 0.1) is 5.60 Å². The van der Waals surface area contributed by atoms with Gasteiger partial charge < -0.3 is 10.4 Å². The Morgan fingerprint density at radius 1 is 1.06 bits per heavy atom. The second-order valence-electron chi connectivity index (χ2n) is 5.41. The first-order chi connectivity index (χ1) is 8.42. The molecule has 18 heavy (non-hydrogen) atoms. The Hall–Kier alpha value is -0.210. The van der Waals surface area contributed by atoms with Crippen LogP contribution in [-0.2, 0) is 10.2 Å². The summed E-state index contributed by atoms with van der Waals surface area (Å²) in [5.74, 6) is 0. The third kappa shape index (κ3) is 3.21. The third-order valence-corrected chi connectivity index (χ3v) is 5.79. The molecule has 1 atom stereocenters. The summed E-state index contributed by atoms with van der Waals surface area (Å²) in [6, 6.07) is 0. The number of hydrogen-bond acceptors (Lipinski definition) is 4. The second kappa shape index (κ2) is 5.42. The van der Waals surface area contributed by atoms with Gasteiger partial charge in [0.2, 0.25) is 0 Å². The molecule has 7 heteroatoms. The molecule has 2 heterocycles. The van der Waals surface area contributed by atoms with E-state index in [1.54, 1.807) is 11.2 Å². The van der Waals surface area contributed by atoms with E-state index in [1.165, 1.54) is 4.31 Å². The fourth-order valence-corrected chi connectivity index (χ4v) is 4.16. The lowest BCUT2D eigenvalue weighted by Gasteiger charge is -2.32. The first-order valence-electron chi connectivity index (χ1n) is 6.60. The molecule has 0 aliphatic carbocycles. The Morgan fingerprint density at radius 2 is 1.67 bits per heavy atom. The number of rotatable bonds is 2. The highest BCUT2D eigenvalue weighted by atomic mass is 32.2. The average molecular weight is 277 g/mol. The molecule has 0 amide bonds. The minimum absolute atomic E-state index is 0.416. The van der Waals surface area contributed by atoms with Gasteiger partial charge in [-0.05, 0) is 26.2 Å². The lowest BCUT2D eigenvalue weighted by Crippen LogP contribution is -2.52. The summed E-state index contributed by atoms with van der Waals surface area (Å²) in [5.41, 5.74) is -0.728. The average Bonchev–Trinajstić information content (AvgIpc) is 2.52. The van der Waals surface area contributed by atoms with Crippen LogP contribution >= 0.6 is 0 Å². The number of nitrogens with zero attached hydrogens (tertiary/aromatic N) is 2. The largest absolute Gasteiger partial charge is 0.390 e. The van der Waals surface area contributed by atoms with Crippen LogP contribution < -0.4 is 5.32 Å². The molecule has 2 fully saturated rings. The highest BCUT2D eigenvalue weighted by Gasteiger charge is 2.34. The highest BCUT2D eigenvalue weighted by molar-refractivity contribution is 7.86. The van der Waals surface area contributed by atoms with Crippen molar-refractivity contribution in [1.82, 2.24) is 13.9 Å². The van der Waals surface area contributed by atoms with Gasteiger partial charge in [0.25, 0.3) is 10.2 Å². The van der Waals surface area contributed by atoms with Crippen LogP contribution in [0.4, 0.5) is 0 Å². The molecule has 0 aromatic carbocycles. The summed E-state index contributed by atoms with van der Waals surface area (Å²) in [4.78, 5) is 0. The fourth-order valence-electron chi connectivity index (χ4n) is 2.51. The Bertz CT molecular complexity index is 377. The summed E-state index contributed by atoms with van der Waals surface area (Å²) in [6.07, 6.45) is 1.90. The lowest BCUT2D eigenvalue weighted by molar-refractivity contribution is 0.0464. The van der Waals surface area contributed by atoms with Crippen molar-refractivity contribution in [3.05, 3.63) is 0 Å². The van der Waals surface area contributed by atoms with Gasteiger partial charge in [-0.25, -0.2) is 0 Å². The molecule has 2 N–H and O–H groups in total. The molecule has 0 bridgehead atoms. The minimum atomic E-state index is -3.34. The quantitative estimate of drug-likeness (QED) is 0.705. The van der Waals surface area contributed by atoms with Crippen molar-refractivity contribution >= 4 is 10.2 Å². The van der Waals surface area contributed by atoms with Gasteiger partial charge in [-0.3, -0.25) is 0 Å². The molecule has 2 rings (SSSR count). The Balaban J connectivity index is 2.05. The van der Waals surface area contributed by atoms with Crippen LogP contribution in [0.2, 0.25) is 0 Å². The van der Waals surface area contributed by atoms with Crippen LogP contribution in [0.15, 0.2) is 0 Å². The Morgan fingerprint density at radius 3 is 2.33 bits per heavy atom. The minimum Gasteiger partial charge on any atom is -0.390 e. The van der Waals surface area contributed by atoms with Crippen LogP contribution in [0.3, 0.4) is 0 Å². The zero-order valence-electron chi connectivity index (χ0n) is 10.9. The van der Waals surface area contributed by atoms with E-state index in [0.29, 0.717) is 52.1 Å². The van der Waals surface area contributed by atoms with Crippen molar-refractivity contribution in [2.24, 2.45) is 0 Å². The number of hydrogen-bond donors (Lipinski definition) is 2. The first-order valence-corrected chi connectivity index (χ1v) is 8.00. The van der Waals surface area contributed by atoms with Crippen molar-refractivity contribution in [2.45, 2.75) is 31.8 Å². The fraction of sp³-hybridized carbons (Fsp3) is 1.00. The second-order valence-corrected chi connectivity index (χ2v) is 7.33. The van der Waals surface area contributed by atoms with Gasteiger partial charge in [0.15, 0.2) is 0 Å². The predicted molar refractivity (Wildman–Crippen MR) is 69.4 cm³/mol. The summed E-state index contributed by atoms with van der Waals surface area (Å²) < 4.78 is 28.0. The highest BCUT2D eigenvalue weighted by Crippen LogP contribution is 2.24. The molecule has 0 aromatic heterocycles. The van der Waals surface area contributed by atoms with Gasteiger partial charge in [0.1, 0.15) is 0 Å². The Labute approximate surface area is 109 Å². The van der Waals surface area contributed by atoms with Crippen molar-refractivity contribution in [1.29, 1.82) is 0 Å². The van der Waals surface area contributed by atoms with E-state index in [2.05, 4.69) is 5.32 Å². The maximum Gasteiger partial charge on any atom is 0.282 e. The van der Waals surface area contributed by atoms with Gasteiger partial charge >= 0.3 is 0 Å². The van der Waals surface area contributed by atoms with E-state index in [1.807, 2.05) is 0 Å². The smallest absolute Gasteiger partial charge is 0.282 e. The lowest BCUT2D eigenvalue weighted by atomic mass is 9.98. The van der Waals surface area contributed by atoms with Gasteiger partial charge in [-0.2, -0.15) is 17.0 Å². The van der Waals surface area contributed by atoms with Crippen molar-refractivity contribution in [3.63, 3.8) is 0 Å². The molecule has 106 valence electrons. The van der Waals surface area contributed by atoms with E-state index < -0.39 is 15.8 Å². The molecule has 0 spiro atoms. The zero-order chi connectivity index (χ0) is 13.2. The van der Waals surface area contributed by atoms with E-state index in [-0.39, 0.29) is 0 Å². The van der Waals surface area contributed by atoms with Gasteiger partial charge in [-0.15, -0.1) is 0 Å². The van der Waals surface area contributed by atoms with Crippen LogP contribution in [0.1, 0.15) is 26.2 Å². The summed E-state index contributed by atoms with van der Waals surface area (Å²) in [7, 11) is -3.34. The molecular formula is C11H23N3O3S. The molecule has 2 saturated heterocycles. The zero-order valence-corrected chi connectivity index (χ0v) is 11.7. The van der Waals surface area contributed by atoms with Crippen LogP contribution in [0.25, 0.3) is 0 Å². The molecule has 2 aliphatic heterocycles. The van der Waals surface area contributed by atoms with Crippen LogP contribution in [0, 0.1) is 0 Å². The van der Waals surface area contributed by atoms with E-state index in [9.17, 15) is 13.5 Å². The first kappa shape index (κ1) is 14.2.